The van der Waals surface area contributed by atoms with Crippen LogP contribution in [0.25, 0.3) is 0 Å². The van der Waals surface area contributed by atoms with Gasteiger partial charge in [0.15, 0.2) is 0 Å². The molecule has 22 heavy (non-hydrogen) atoms. The Kier molecular flexibility index (Phi) is 5.68. The molecule has 0 spiro atoms. The number of rotatable bonds is 7. The van der Waals surface area contributed by atoms with E-state index < -0.39 is 0 Å². The summed E-state index contributed by atoms with van der Waals surface area (Å²) in [5.41, 5.74) is 7.92. The second-order valence-electron chi connectivity index (χ2n) is 5.69. The van der Waals surface area contributed by atoms with E-state index in [1.54, 1.807) is 6.07 Å². The molecule has 6 nitrogen and oxygen atoms in total. The summed E-state index contributed by atoms with van der Waals surface area (Å²) < 4.78 is 0. The van der Waals surface area contributed by atoms with Gasteiger partial charge in [0.25, 0.3) is 0 Å². The van der Waals surface area contributed by atoms with E-state index in [1.165, 1.54) is 11.9 Å². The Morgan fingerprint density at radius 2 is 1.91 bits per heavy atom. The standard InChI is InChI=1S/C16H24N6/c1-21(2)7-8-22(3)11-13-5-4-6-14(9-13)20-16-10-15(17)18-12-19-16/h4-6,9-10,12H,7-8,11H2,1-3H3,(H3,17,18,19,20). The molecule has 1 aromatic heterocycles. The molecule has 0 fully saturated rings. The first-order chi connectivity index (χ1) is 10.5. The van der Waals surface area contributed by atoms with Gasteiger partial charge in [-0.25, -0.2) is 9.97 Å². The quantitative estimate of drug-likeness (QED) is 0.812. The Morgan fingerprint density at radius 1 is 1.09 bits per heavy atom. The van der Waals surface area contributed by atoms with E-state index in [0.29, 0.717) is 11.6 Å². The van der Waals surface area contributed by atoms with Crippen LogP contribution in [0.15, 0.2) is 36.7 Å². The summed E-state index contributed by atoms with van der Waals surface area (Å²) in [6.07, 6.45) is 1.45. The average Bonchev–Trinajstić information content (AvgIpc) is 2.45. The predicted molar refractivity (Wildman–Crippen MR) is 91.1 cm³/mol. The topological polar surface area (TPSA) is 70.3 Å². The van der Waals surface area contributed by atoms with Gasteiger partial charge in [-0.15, -0.1) is 0 Å². The molecule has 0 aliphatic carbocycles. The molecule has 0 amide bonds. The Balaban J connectivity index is 1.97. The normalized spacial score (nSPS) is 11.1. The number of likely N-dealkylation sites (N-methyl/N-ethyl adjacent to an activating group) is 2. The number of nitrogen functional groups attached to an aromatic ring is 1. The van der Waals surface area contributed by atoms with Crippen molar-refractivity contribution in [2.75, 3.05) is 45.3 Å². The van der Waals surface area contributed by atoms with Crippen LogP contribution in [0.5, 0.6) is 0 Å². The minimum Gasteiger partial charge on any atom is -0.384 e. The number of nitrogens with two attached hydrogens (primary N) is 1. The van der Waals surface area contributed by atoms with Gasteiger partial charge >= 0.3 is 0 Å². The molecule has 118 valence electrons. The Bertz CT molecular complexity index is 599. The van der Waals surface area contributed by atoms with Crippen LogP contribution in [-0.4, -0.2) is 54.0 Å². The van der Waals surface area contributed by atoms with Crippen molar-refractivity contribution in [1.82, 2.24) is 19.8 Å². The maximum atomic E-state index is 5.66. The van der Waals surface area contributed by atoms with Crippen molar-refractivity contribution in [2.45, 2.75) is 6.54 Å². The molecule has 3 N–H and O–H groups in total. The van der Waals surface area contributed by atoms with E-state index in [0.717, 1.165) is 25.3 Å². The van der Waals surface area contributed by atoms with Gasteiger partial charge < -0.3 is 20.9 Å². The van der Waals surface area contributed by atoms with Gasteiger partial charge in [-0.3, -0.25) is 0 Å². The highest BCUT2D eigenvalue weighted by Gasteiger charge is 2.03. The number of nitrogens with zero attached hydrogens (tertiary/aromatic N) is 4. The van der Waals surface area contributed by atoms with Crippen LogP contribution in [0, 0.1) is 0 Å². The molecule has 1 heterocycles. The first-order valence-corrected chi connectivity index (χ1v) is 7.29. The van der Waals surface area contributed by atoms with Crippen molar-refractivity contribution in [3.05, 3.63) is 42.2 Å². The van der Waals surface area contributed by atoms with Crippen LogP contribution in [0.1, 0.15) is 5.56 Å². The van der Waals surface area contributed by atoms with Crippen molar-refractivity contribution in [3.8, 4) is 0 Å². The van der Waals surface area contributed by atoms with E-state index in [9.17, 15) is 0 Å². The van der Waals surface area contributed by atoms with Gasteiger partial charge in [-0.1, -0.05) is 12.1 Å². The fourth-order valence-corrected chi connectivity index (χ4v) is 2.10. The van der Waals surface area contributed by atoms with Crippen LogP contribution < -0.4 is 11.1 Å². The van der Waals surface area contributed by atoms with Gasteiger partial charge in [0.1, 0.15) is 18.0 Å². The van der Waals surface area contributed by atoms with Crippen molar-refractivity contribution in [1.29, 1.82) is 0 Å². The number of hydrogen-bond donors (Lipinski definition) is 2. The number of anilines is 3. The van der Waals surface area contributed by atoms with E-state index in [4.69, 9.17) is 5.73 Å². The van der Waals surface area contributed by atoms with E-state index in [-0.39, 0.29) is 0 Å². The lowest BCUT2D eigenvalue weighted by Gasteiger charge is -2.19. The minimum absolute atomic E-state index is 0.456. The lowest BCUT2D eigenvalue weighted by molar-refractivity contribution is 0.276. The first kappa shape index (κ1) is 16.2. The molecule has 2 aromatic rings. The molecule has 0 bridgehead atoms. The van der Waals surface area contributed by atoms with Crippen molar-refractivity contribution >= 4 is 17.3 Å². The molecule has 6 heteroatoms. The summed E-state index contributed by atoms with van der Waals surface area (Å²) in [5.74, 6) is 1.16. The van der Waals surface area contributed by atoms with E-state index in [1.807, 2.05) is 12.1 Å². The Labute approximate surface area is 132 Å². The number of aromatic nitrogens is 2. The fraction of sp³-hybridized carbons (Fsp3) is 0.375. The van der Waals surface area contributed by atoms with Crippen LogP contribution in [0.4, 0.5) is 17.3 Å². The summed E-state index contributed by atoms with van der Waals surface area (Å²) >= 11 is 0. The van der Waals surface area contributed by atoms with Gasteiger partial charge in [-0.05, 0) is 38.8 Å². The highest BCUT2D eigenvalue weighted by molar-refractivity contribution is 5.58. The van der Waals surface area contributed by atoms with Crippen LogP contribution in [0.3, 0.4) is 0 Å². The molecule has 0 saturated heterocycles. The molecular weight excluding hydrogens is 276 g/mol. The second-order valence-corrected chi connectivity index (χ2v) is 5.69. The van der Waals surface area contributed by atoms with Gasteiger partial charge in [-0.2, -0.15) is 0 Å². The zero-order valence-corrected chi connectivity index (χ0v) is 13.5. The molecule has 0 saturated carbocycles. The minimum atomic E-state index is 0.456. The Morgan fingerprint density at radius 3 is 2.64 bits per heavy atom. The number of hydrogen-bond acceptors (Lipinski definition) is 6. The van der Waals surface area contributed by atoms with Crippen molar-refractivity contribution in [2.24, 2.45) is 0 Å². The summed E-state index contributed by atoms with van der Waals surface area (Å²) in [5, 5.41) is 3.25. The lowest BCUT2D eigenvalue weighted by Crippen LogP contribution is -2.28. The third-order valence-corrected chi connectivity index (χ3v) is 3.27. The molecule has 1 aromatic carbocycles. The van der Waals surface area contributed by atoms with Crippen molar-refractivity contribution in [3.63, 3.8) is 0 Å². The van der Waals surface area contributed by atoms with Crippen LogP contribution in [-0.2, 0) is 6.54 Å². The highest BCUT2D eigenvalue weighted by Crippen LogP contribution is 2.17. The smallest absolute Gasteiger partial charge is 0.135 e. The molecular formula is C16H24N6. The maximum Gasteiger partial charge on any atom is 0.135 e. The van der Waals surface area contributed by atoms with Crippen LogP contribution >= 0.6 is 0 Å². The van der Waals surface area contributed by atoms with Crippen LogP contribution in [0.2, 0.25) is 0 Å². The number of benzene rings is 1. The zero-order valence-electron chi connectivity index (χ0n) is 13.5. The first-order valence-electron chi connectivity index (χ1n) is 7.29. The predicted octanol–water partition coefficient (Wildman–Crippen LogP) is 1.80. The Hall–Kier alpha value is -2.18. The largest absolute Gasteiger partial charge is 0.384 e. The van der Waals surface area contributed by atoms with Crippen molar-refractivity contribution < 1.29 is 0 Å². The lowest BCUT2D eigenvalue weighted by atomic mass is 10.2. The fourth-order valence-electron chi connectivity index (χ4n) is 2.10. The summed E-state index contributed by atoms with van der Waals surface area (Å²) in [7, 11) is 6.31. The third kappa shape index (κ3) is 5.31. The van der Waals surface area contributed by atoms with E-state index in [2.05, 4.69) is 58.4 Å². The molecule has 0 radical (unpaired) electrons. The summed E-state index contributed by atoms with van der Waals surface area (Å²) in [6.45, 7) is 3.00. The average molecular weight is 300 g/mol. The SMILES string of the molecule is CN(C)CCN(C)Cc1cccc(Nc2cc(N)ncn2)c1. The molecule has 0 aliphatic heterocycles. The number of nitrogens with one attached hydrogen (secondary N) is 1. The van der Waals surface area contributed by atoms with Gasteiger partial charge in [0.2, 0.25) is 0 Å². The molecule has 0 atom stereocenters. The summed E-state index contributed by atoms with van der Waals surface area (Å²) in [6, 6.07) is 10.0. The van der Waals surface area contributed by atoms with E-state index >= 15 is 0 Å². The second kappa shape index (κ2) is 7.72. The monoisotopic (exact) mass is 300 g/mol. The molecule has 0 aliphatic rings. The van der Waals surface area contributed by atoms with Gasteiger partial charge in [0.05, 0.1) is 0 Å². The third-order valence-electron chi connectivity index (χ3n) is 3.27. The molecule has 2 rings (SSSR count). The maximum absolute atomic E-state index is 5.66. The van der Waals surface area contributed by atoms with Gasteiger partial charge in [0, 0.05) is 31.4 Å². The summed E-state index contributed by atoms with van der Waals surface area (Å²) in [4.78, 5) is 12.5. The zero-order chi connectivity index (χ0) is 15.9. The molecule has 0 unspecified atom stereocenters. The highest BCUT2D eigenvalue weighted by atomic mass is 15.1.